The minimum absolute atomic E-state index is 0.126. The Labute approximate surface area is 205 Å². The molecular weight excluding hydrogens is 546 g/mol. The van der Waals surface area contributed by atoms with Crippen molar-refractivity contribution in [2.75, 3.05) is 13.7 Å². The lowest BCUT2D eigenvalue weighted by molar-refractivity contribution is -0.186. The van der Waals surface area contributed by atoms with Gasteiger partial charge in [-0.15, -0.1) is 5.10 Å². The fourth-order valence-electron chi connectivity index (χ4n) is 3.56. The highest BCUT2D eigenvalue weighted by atomic mass is 79.9. The molecule has 1 aliphatic heterocycles. The molecule has 176 valence electrons. The molecule has 0 bridgehead atoms. The van der Waals surface area contributed by atoms with Crippen LogP contribution in [0.5, 0.6) is 0 Å². The summed E-state index contributed by atoms with van der Waals surface area (Å²) in [6, 6.07) is 3.12. The second kappa shape index (κ2) is 10.3. The van der Waals surface area contributed by atoms with E-state index in [2.05, 4.69) is 31.2 Å². The molecule has 0 radical (unpaired) electrons. The molecule has 5 atom stereocenters. The number of rotatable bonds is 6. The molecule has 3 aromatic rings. The van der Waals surface area contributed by atoms with Gasteiger partial charge in [0.2, 0.25) is 0 Å². The molecule has 33 heavy (non-hydrogen) atoms. The monoisotopic (exact) mass is 562 g/mol. The lowest BCUT2D eigenvalue weighted by Crippen LogP contribution is -2.55. The second-order valence-corrected chi connectivity index (χ2v) is 9.67. The van der Waals surface area contributed by atoms with Crippen molar-refractivity contribution in [1.29, 1.82) is 0 Å². The number of benzene rings is 1. The summed E-state index contributed by atoms with van der Waals surface area (Å²) in [6.45, 7) is -0.447. The lowest BCUT2D eigenvalue weighted by Gasteiger charge is -2.43. The van der Waals surface area contributed by atoms with E-state index in [4.69, 9.17) is 21.1 Å². The van der Waals surface area contributed by atoms with Crippen LogP contribution in [0.15, 0.2) is 46.2 Å². The van der Waals surface area contributed by atoms with Gasteiger partial charge in [0.1, 0.15) is 52.1 Å². The van der Waals surface area contributed by atoms with E-state index in [1.165, 1.54) is 29.8 Å². The Morgan fingerprint density at radius 3 is 2.64 bits per heavy atom. The van der Waals surface area contributed by atoms with E-state index in [-0.39, 0.29) is 11.3 Å². The van der Waals surface area contributed by atoms with E-state index in [1.807, 2.05) is 6.07 Å². The largest absolute Gasteiger partial charge is 0.394 e. The van der Waals surface area contributed by atoms with E-state index in [1.54, 1.807) is 12.4 Å². The van der Waals surface area contributed by atoms with Crippen LogP contribution in [0.2, 0.25) is 5.02 Å². The Morgan fingerprint density at radius 1 is 1.27 bits per heavy atom. The standard InChI is InChI=1S/C20H18BrClF2N4O4S/c1-31-19-17(28-7-14(26-27-28)9-2-12(23)16(22)13(24)3-9)18(30)15(8-29)32-20(19)33-11-4-10(21)5-25-6-11/h2-7,15,17-20,29-30H,8H2,1H3. The predicted molar refractivity (Wildman–Crippen MR) is 120 cm³/mol. The van der Waals surface area contributed by atoms with Crippen molar-refractivity contribution < 1.29 is 28.5 Å². The molecular formula is C20H18BrClF2N4O4S. The van der Waals surface area contributed by atoms with E-state index < -0.39 is 53.1 Å². The van der Waals surface area contributed by atoms with E-state index in [0.717, 1.165) is 21.5 Å². The lowest BCUT2D eigenvalue weighted by atomic mass is 9.97. The quantitative estimate of drug-likeness (QED) is 0.440. The normalized spacial score (nSPS) is 25.4. The van der Waals surface area contributed by atoms with Gasteiger partial charge >= 0.3 is 0 Å². The molecule has 1 fully saturated rings. The number of halogens is 4. The first-order chi connectivity index (χ1) is 15.8. The average molecular weight is 564 g/mol. The van der Waals surface area contributed by atoms with Crippen LogP contribution in [0.25, 0.3) is 11.3 Å². The van der Waals surface area contributed by atoms with Crippen LogP contribution >= 0.6 is 39.3 Å². The van der Waals surface area contributed by atoms with Crippen LogP contribution < -0.4 is 0 Å². The van der Waals surface area contributed by atoms with Crippen molar-refractivity contribution in [2.45, 2.75) is 34.7 Å². The zero-order valence-electron chi connectivity index (χ0n) is 17.0. The minimum Gasteiger partial charge on any atom is -0.394 e. The number of pyridine rings is 1. The van der Waals surface area contributed by atoms with Crippen molar-refractivity contribution in [2.24, 2.45) is 0 Å². The number of methoxy groups -OCH3 is 1. The van der Waals surface area contributed by atoms with E-state index >= 15 is 0 Å². The maximum absolute atomic E-state index is 13.9. The number of hydrogen-bond donors (Lipinski definition) is 2. The van der Waals surface area contributed by atoms with Gasteiger partial charge in [-0.25, -0.2) is 13.5 Å². The van der Waals surface area contributed by atoms with Crippen molar-refractivity contribution in [3.05, 3.63) is 57.9 Å². The molecule has 1 aliphatic rings. The van der Waals surface area contributed by atoms with Crippen molar-refractivity contribution >= 4 is 39.3 Å². The highest BCUT2D eigenvalue weighted by molar-refractivity contribution is 9.10. The number of aromatic nitrogens is 4. The summed E-state index contributed by atoms with van der Waals surface area (Å²) in [5.74, 6) is -1.86. The van der Waals surface area contributed by atoms with Crippen molar-refractivity contribution in [1.82, 2.24) is 20.0 Å². The molecule has 2 N–H and O–H groups in total. The predicted octanol–water partition coefficient (Wildman–Crippen LogP) is 3.46. The summed E-state index contributed by atoms with van der Waals surface area (Å²) in [5, 5.41) is 28.1. The van der Waals surface area contributed by atoms with Gasteiger partial charge in [-0.1, -0.05) is 28.6 Å². The van der Waals surface area contributed by atoms with Crippen LogP contribution in [0.3, 0.4) is 0 Å². The minimum atomic E-state index is -1.20. The summed E-state index contributed by atoms with van der Waals surface area (Å²) in [4.78, 5) is 4.90. The molecule has 1 saturated heterocycles. The Bertz CT molecular complexity index is 1120. The summed E-state index contributed by atoms with van der Waals surface area (Å²) >= 11 is 10.2. The number of aliphatic hydroxyl groups is 2. The number of hydrogen-bond acceptors (Lipinski definition) is 8. The molecule has 0 spiro atoms. The maximum Gasteiger partial charge on any atom is 0.145 e. The average Bonchev–Trinajstić information content (AvgIpc) is 3.27. The van der Waals surface area contributed by atoms with Gasteiger partial charge in [-0.05, 0) is 34.1 Å². The van der Waals surface area contributed by atoms with E-state index in [9.17, 15) is 19.0 Å². The third kappa shape index (κ3) is 5.06. The fourth-order valence-corrected chi connectivity index (χ4v) is 5.37. The molecule has 5 unspecified atom stereocenters. The Kier molecular flexibility index (Phi) is 7.63. The number of thioether (sulfide) groups is 1. The Hall–Kier alpha value is -1.67. The molecule has 0 aliphatic carbocycles. The van der Waals surface area contributed by atoms with Crippen LogP contribution in [0, 0.1) is 11.6 Å². The zero-order chi connectivity index (χ0) is 23.7. The van der Waals surface area contributed by atoms with E-state index in [0.29, 0.717) is 0 Å². The zero-order valence-corrected chi connectivity index (χ0v) is 20.1. The van der Waals surface area contributed by atoms with Gasteiger partial charge in [0.25, 0.3) is 0 Å². The maximum atomic E-state index is 13.9. The molecule has 8 nitrogen and oxygen atoms in total. The molecule has 13 heteroatoms. The second-order valence-electron chi connectivity index (χ2n) is 7.20. The van der Waals surface area contributed by atoms with Gasteiger partial charge in [-0.3, -0.25) is 4.98 Å². The first kappa shape index (κ1) is 24.5. The number of ether oxygens (including phenoxy) is 2. The number of nitrogens with zero attached hydrogens (tertiary/aromatic N) is 4. The fraction of sp³-hybridized carbons (Fsp3) is 0.350. The van der Waals surface area contributed by atoms with Gasteiger partial charge in [0, 0.05) is 34.4 Å². The molecule has 0 amide bonds. The summed E-state index contributed by atoms with van der Waals surface area (Å²) < 4.78 is 41.5. The Morgan fingerprint density at radius 2 is 2.00 bits per heavy atom. The van der Waals surface area contributed by atoms with Gasteiger partial charge in [0.05, 0.1) is 12.8 Å². The van der Waals surface area contributed by atoms with Crippen molar-refractivity contribution in [3.8, 4) is 11.3 Å². The molecule has 4 rings (SSSR count). The molecule has 0 saturated carbocycles. The smallest absolute Gasteiger partial charge is 0.145 e. The topological polar surface area (TPSA) is 103 Å². The first-order valence-corrected chi connectivity index (χ1v) is 11.7. The summed E-state index contributed by atoms with van der Waals surface area (Å²) in [7, 11) is 1.46. The number of aliphatic hydroxyl groups excluding tert-OH is 2. The van der Waals surface area contributed by atoms with Gasteiger partial charge in [0.15, 0.2) is 0 Å². The molecule has 3 heterocycles. The van der Waals surface area contributed by atoms with Gasteiger partial charge < -0.3 is 19.7 Å². The first-order valence-electron chi connectivity index (χ1n) is 9.63. The molecule has 1 aromatic carbocycles. The van der Waals surface area contributed by atoms with Crippen LogP contribution in [0.1, 0.15) is 6.04 Å². The van der Waals surface area contributed by atoms with Crippen LogP contribution in [-0.2, 0) is 9.47 Å². The SMILES string of the molecule is COC1C(Sc2cncc(Br)c2)OC(CO)C(O)C1n1cc(-c2cc(F)c(Cl)c(F)c2)nn1. The van der Waals surface area contributed by atoms with Crippen LogP contribution in [-0.4, -0.2) is 67.7 Å². The Balaban J connectivity index is 1.67. The third-order valence-corrected chi connectivity index (χ3v) is 7.03. The highest BCUT2D eigenvalue weighted by Crippen LogP contribution is 2.40. The van der Waals surface area contributed by atoms with Crippen LogP contribution in [0.4, 0.5) is 8.78 Å². The summed E-state index contributed by atoms with van der Waals surface area (Å²) in [5.41, 5.74) is -0.352. The summed E-state index contributed by atoms with van der Waals surface area (Å²) in [6.07, 6.45) is 1.87. The van der Waals surface area contributed by atoms with Gasteiger partial charge in [-0.2, -0.15) is 0 Å². The molecule has 2 aromatic heterocycles. The third-order valence-electron chi connectivity index (χ3n) is 5.12. The van der Waals surface area contributed by atoms with Crippen molar-refractivity contribution in [3.63, 3.8) is 0 Å². The highest BCUT2D eigenvalue weighted by Gasteiger charge is 2.47.